The van der Waals surface area contributed by atoms with Crippen molar-refractivity contribution in [2.24, 2.45) is 13.0 Å². The summed E-state index contributed by atoms with van der Waals surface area (Å²) in [6.45, 7) is 2.66. The Labute approximate surface area is 181 Å². The van der Waals surface area contributed by atoms with Crippen molar-refractivity contribution in [3.63, 3.8) is 0 Å². The molecule has 1 saturated heterocycles. The third-order valence-corrected chi connectivity index (χ3v) is 6.96. The van der Waals surface area contributed by atoms with Crippen molar-refractivity contribution in [2.45, 2.75) is 64.0 Å². The van der Waals surface area contributed by atoms with Crippen LogP contribution in [0.5, 0.6) is 0 Å². The molecule has 0 bridgehead atoms. The van der Waals surface area contributed by atoms with Crippen molar-refractivity contribution in [3.8, 4) is 11.4 Å². The van der Waals surface area contributed by atoms with E-state index in [9.17, 15) is 14.4 Å². The number of nitrogens with zero attached hydrogens (tertiary/aromatic N) is 4. The molecule has 3 heterocycles. The summed E-state index contributed by atoms with van der Waals surface area (Å²) in [5.41, 5.74) is 2.35. The second-order valence-corrected chi connectivity index (χ2v) is 9.15. The number of hydrogen-bond donors (Lipinski definition) is 1. The summed E-state index contributed by atoms with van der Waals surface area (Å²) in [6.07, 6.45) is 5.36. The van der Waals surface area contributed by atoms with Crippen LogP contribution in [0.15, 0.2) is 18.2 Å². The molecule has 0 radical (unpaired) electrons. The highest BCUT2D eigenvalue weighted by molar-refractivity contribution is 6.05. The maximum Gasteiger partial charge on any atom is 0.255 e. The largest absolute Gasteiger partial charge is 0.322 e. The van der Waals surface area contributed by atoms with Crippen molar-refractivity contribution in [2.75, 3.05) is 0 Å². The molecule has 8 heteroatoms. The lowest BCUT2D eigenvalue weighted by Crippen LogP contribution is -2.52. The van der Waals surface area contributed by atoms with Crippen LogP contribution in [0.4, 0.5) is 0 Å². The number of aryl methyl sites for hydroxylation is 1. The molecule has 1 aliphatic carbocycles. The molecule has 162 valence electrons. The minimum absolute atomic E-state index is 0.165. The number of fused-ring (bicyclic) bond motifs is 1. The molecule has 8 nitrogen and oxygen atoms in total. The zero-order chi connectivity index (χ0) is 21.7. The second kappa shape index (κ2) is 7.59. The summed E-state index contributed by atoms with van der Waals surface area (Å²) in [4.78, 5) is 43.0. The number of amides is 3. The summed E-state index contributed by atoms with van der Waals surface area (Å²) in [6, 6.07) is 5.04. The molecular formula is C23H27N5O3. The van der Waals surface area contributed by atoms with Crippen LogP contribution in [0.25, 0.3) is 11.4 Å². The van der Waals surface area contributed by atoms with Gasteiger partial charge in [-0.1, -0.05) is 25.8 Å². The maximum absolute atomic E-state index is 12.9. The van der Waals surface area contributed by atoms with Gasteiger partial charge in [0.1, 0.15) is 11.9 Å². The van der Waals surface area contributed by atoms with Gasteiger partial charge in [0.25, 0.3) is 5.91 Å². The molecule has 3 amide bonds. The van der Waals surface area contributed by atoms with Crippen LogP contribution < -0.4 is 5.32 Å². The van der Waals surface area contributed by atoms with Crippen LogP contribution in [0, 0.1) is 5.92 Å². The third kappa shape index (κ3) is 3.54. The van der Waals surface area contributed by atoms with Crippen LogP contribution in [-0.4, -0.2) is 43.4 Å². The number of imide groups is 1. The molecule has 3 aliphatic rings. The molecule has 1 saturated carbocycles. The zero-order valence-electron chi connectivity index (χ0n) is 17.9. The molecular weight excluding hydrogens is 394 g/mol. The van der Waals surface area contributed by atoms with E-state index < -0.39 is 11.9 Å². The molecule has 1 aromatic heterocycles. The van der Waals surface area contributed by atoms with Crippen LogP contribution in [0.3, 0.4) is 0 Å². The molecule has 1 atom stereocenters. The van der Waals surface area contributed by atoms with Gasteiger partial charge in [-0.2, -0.15) is 5.10 Å². The number of carbonyl (C=O) groups excluding carboxylic acids is 3. The number of aromatic nitrogens is 3. The maximum atomic E-state index is 12.9. The van der Waals surface area contributed by atoms with E-state index in [1.165, 1.54) is 12.8 Å². The van der Waals surface area contributed by atoms with E-state index in [4.69, 9.17) is 4.98 Å². The van der Waals surface area contributed by atoms with Crippen molar-refractivity contribution in [1.82, 2.24) is 25.0 Å². The van der Waals surface area contributed by atoms with Crippen molar-refractivity contribution < 1.29 is 14.4 Å². The zero-order valence-corrected chi connectivity index (χ0v) is 17.9. The van der Waals surface area contributed by atoms with Crippen LogP contribution in [0.1, 0.15) is 73.1 Å². The number of benzene rings is 1. The normalized spacial score (nSPS) is 26.2. The molecule has 2 fully saturated rings. The van der Waals surface area contributed by atoms with Gasteiger partial charge in [-0.15, -0.1) is 0 Å². The van der Waals surface area contributed by atoms with Gasteiger partial charge in [-0.3, -0.25) is 24.4 Å². The van der Waals surface area contributed by atoms with Gasteiger partial charge in [0, 0.05) is 37.1 Å². The van der Waals surface area contributed by atoms with Gasteiger partial charge >= 0.3 is 0 Å². The molecule has 1 aromatic carbocycles. The fourth-order valence-corrected chi connectivity index (χ4v) is 5.11. The predicted octanol–water partition coefficient (Wildman–Crippen LogP) is 2.54. The Balaban J connectivity index is 1.38. The summed E-state index contributed by atoms with van der Waals surface area (Å²) < 4.78 is 1.89. The van der Waals surface area contributed by atoms with Crippen LogP contribution in [-0.2, 0) is 23.2 Å². The first-order valence-electron chi connectivity index (χ1n) is 11.1. The molecule has 2 aliphatic heterocycles. The second-order valence-electron chi connectivity index (χ2n) is 9.15. The Kier molecular flexibility index (Phi) is 4.87. The van der Waals surface area contributed by atoms with Crippen molar-refractivity contribution >= 4 is 17.7 Å². The molecule has 0 spiro atoms. The molecule has 1 N–H and O–H groups in total. The summed E-state index contributed by atoms with van der Waals surface area (Å²) in [7, 11) is 1.95. The Morgan fingerprint density at radius 1 is 1.06 bits per heavy atom. The van der Waals surface area contributed by atoms with E-state index in [2.05, 4.69) is 17.3 Å². The van der Waals surface area contributed by atoms with E-state index in [0.717, 1.165) is 35.7 Å². The monoisotopic (exact) mass is 421 g/mol. The van der Waals surface area contributed by atoms with Crippen LogP contribution in [0.2, 0.25) is 0 Å². The number of carbonyl (C=O) groups is 3. The highest BCUT2D eigenvalue weighted by Crippen LogP contribution is 2.36. The van der Waals surface area contributed by atoms with E-state index in [0.29, 0.717) is 30.3 Å². The van der Waals surface area contributed by atoms with Gasteiger partial charge in [-0.25, -0.2) is 4.98 Å². The summed E-state index contributed by atoms with van der Waals surface area (Å²) in [5.74, 6) is 2.09. The average Bonchev–Trinajstić information content (AvgIpc) is 3.29. The lowest BCUT2D eigenvalue weighted by atomic mass is 9.82. The van der Waals surface area contributed by atoms with E-state index in [-0.39, 0.29) is 18.2 Å². The van der Waals surface area contributed by atoms with Crippen LogP contribution >= 0.6 is 0 Å². The highest BCUT2D eigenvalue weighted by atomic mass is 16.2. The van der Waals surface area contributed by atoms with Gasteiger partial charge in [0.2, 0.25) is 11.8 Å². The standard InChI is InChI=1S/C23H27N5O3/c1-13-3-5-14(6-4-13)21-25-20(26-27(21)2)15-7-8-17-16(11-15)12-28(23(17)31)18-9-10-19(29)24-22(18)30/h7-8,11,13-14,18H,3-6,9-10,12H2,1-2H3,(H,24,29,30)/t13-,14-,18?. The fraction of sp³-hybridized carbons (Fsp3) is 0.522. The number of nitrogens with one attached hydrogen (secondary N) is 1. The SMILES string of the molecule is Cn1nc(-c2ccc3c(c2)CN(C2CCC(=O)NC2=O)C3=O)nc1[C@H]1CC[C@H](C)CC1. The number of rotatable bonds is 3. The van der Waals surface area contributed by atoms with E-state index >= 15 is 0 Å². The number of piperidine rings is 1. The lowest BCUT2D eigenvalue weighted by molar-refractivity contribution is -0.136. The Hall–Kier alpha value is -3.03. The Bertz CT molecular complexity index is 1070. The first-order valence-corrected chi connectivity index (χ1v) is 11.1. The van der Waals surface area contributed by atoms with Gasteiger partial charge in [0.05, 0.1) is 0 Å². The van der Waals surface area contributed by atoms with Gasteiger partial charge < -0.3 is 4.90 Å². The van der Waals surface area contributed by atoms with E-state index in [1.54, 1.807) is 11.0 Å². The third-order valence-electron chi connectivity index (χ3n) is 6.96. The minimum atomic E-state index is -0.602. The number of hydrogen-bond acceptors (Lipinski definition) is 5. The first-order chi connectivity index (χ1) is 14.9. The minimum Gasteiger partial charge on any atom is -0.322 e. The van der Waals surface area contributed by atoms with Gasteiger partial charge in [0.15, 0.2) is 5.82 Å². The van der Waals surface area contributed by atoms with E-state index in [1.807, 2.05) is 23.9 Å². The van der Waals surface area contributed by atoms with Crippen molar-refractivity contribution in [3.05, 3.63) is 35.2 Å². The quantitative estimate of drug-likeness (QED) is 0.768. The summed E-state index contributed by atoms with van der Waals surface area (Å²) >= 11 is 0. The summed E-state index contributed by atoms with van der Waals surface area (Å²) in [5, 5.41) is 6.99. The van der Waals surface area contributed by atoms with Gasteiger partial charge in [-0.05, 0) is 42.9 Å². The topological polar surface area (TPSA) is 97.2 Å². The molecule has 5 rings (SSSR count). The molecule has 2 aromatic rings. The highest BCUT2D eigenvalue weighted by Gasteiger charge is 2.39. The lowest BCUT2D eigenvalue weighted by Gasteiger charge is -2.29. The van der Waals surface area contributed by atoms with Crippen molar-refractivity contribution in [1.29, 1.82) is 0 Å². The fourth-order valence-electron chi connectivity index (χ4n) is 5.11. The predicted molar refractivity (Wildman–Crippen MR) is 113 cm³/mol. The Morgan fingerprint density at radius 3 is 2.58 bits per heavy atom. The smallest absolute Gasteiger partial charge is 0.255 e. The first kappa shape index (κ1) is 19.9. The molecule has 31 heavy (non-hydrogen) atoms. The average molecular weight is 422 g/mol. The molecule has 1 unspecified atom stereocenters. The Morgan fingerprint density at radius 2 is 1.84 bits per heavy atom.